The van der Waals surface area contributed by atoms with Gasteiger partial charge in [-0.2, -0.15) is 13.2 Å². The van der Waals surface area contributed by atoms with Gasteiger partial charge in [0, 0.05) is 16.0 Å². The van der Waals surface area contributed by atoms with Gasteiger partial charge in [-0.3, -0.25) is 4.79 Å². The Morgan fingerprint density at radius 2 is 1.81 bits per heavy atom. The Bertz CT molecular complexity index is 971. The van der Waals surface area contributed by atoms with Crippen molar-refractivity contribution < 1.29 is 18.0 Å². The Hall–Kier alpha value is -2.09. The molecule has 1 aromatic heterocycles. The standard InChI is InChI=1S/C18H11Cl2F3N2OS/c19-12-5-6-14(20)15(7-12)25-16(26)8-13-9-27-17(24-13)10-1-3-11(4-2-10)18(21,22)23/h1-7,9H,8H2,(H,25,26). The summed E-state index contributed by atoms with van der Waals surface area (Å²) in [6, 6.07) is 9.45. The van der Waals surface area contributed by atoms with E-state index in [4.69, 9.17) is 23.2 Å². The molecule has 1 amide bonds. The number of nitrogens with zero attached hydrogens (tertiary/aromatic N) is 1. The fraction of sp³-hybridized carbons (Fsp3) is 0.111. The van der Waals surface area contributed by atoms with Crippen LogP contribution in [0.5, 0.6) is 0 Å². The van der Waals surface area contributed by atoms with Gasteiger partial charge in [0.05, 0.1) is 28.4 Å². The first-order chi connectivity index (χ1) is 12.7. The maximum absolute atomic E-state index is 12.6. The van der Waals surface area contributed by atoms with Crippen molar-refractivity contribution in [2.45, 2.75) is 12.6 Å². The molecule has 3 nitrogen and oxygen atoms in total. The molecule has 3 aromatic rings. The Kier molecular flexibility index (Phi) is 5.74. The fourth-order valence-electron chi connectivity index (χ4n) is 2.27. The third-order valence-corrected chi connectivity index (χ3v) is 5.06. The number of amides is 1. The van der Waals surface area contributed by atoms with E-state index in [-0.39, 0.29) is 12.3 Å². The molecule has 0 aliphatic rings. The number of carbonyl (C=O) groups is 1. The second-order valence-corrected chi connectivity index (χ2v) is 7.27. The molecule has 0 radical (unpaired) electrons. The summed E-state index contributed by atoms with van der Waals surface area (Å²) in [5.41, 5.74) is 0.733. The molecule has 0 bridgehead atoms. The van der Waals surface area contributed by atoms with Crippen LogP contribution in [0.2, 0.25) is 10.0 Å². The van der Waals surface area contributed by atoms with Gasteiger partial charge in [0.2, 0.25) is 5.91 Å². The molecule has 0 aliphatic carbocycles. The molecule has 1 N–H and O–H groups in total. The Morgan fingerprint density at radius 3 is 2.48 bits per heavy atom. The van der Waals surface area contributed by atoms with Crippen LogP contribution in [-0.2, 0) is 17.4 Å². The summed E-state index contributed by atoms with van der Waals surface area (Å²) in [7, 11) is 0. The minimum Gasteiger partial charge on any atom is -0.324 e. The molecule has 0 saturated heterocycles. The molecule has 0 saturated carbocycles. The lowest BCUT2D eigenvalue weighted by molar-refractivity contribution is -0.137. The summed E-state index contributed by atoms with van der Waals surface area (Å²) in [5, 5.41) is 5.67. The fourth-order valence-corrected chi connectivity index (χ4v) is 3.44. The van der Waals surface area contributed by atoms with Gasteiger partial charge < -0.3 is 5.32 Å². The summed E-state index contributed by atoms with van der Waals surface area (Å²) >= 11 is 13.1. The monoisotopic (exact) mass is 430 g/mol. The number of alkyl halides is 3. The zero-order valence-corrected chi connectivity index (χ0v) is 15.8. The number of carbonyl (C=O) groups excluding carboxylic acids is 1. The van der Waals surface area contributed by atoms with Gasteiger partial charge >= 0.3 is 6.18 Å². The second kappa shape index (κ2) is 7.88. The SMILES string of the molecule is O=C(Cc1csc(-c2ccc(C(F)(F)F)cc2)n1)Nc1cc(Cl)ccc1Cl. The molecular weight excluding hydrogens is 420 g/mol. The predicted molar refractivity (Wildman–Crippen MR) is 101 cm³/mol. The molecule has 0 fully saturated rings. The van der Waals surface area contributed by atoms with Gasteiger partial charge in [-0.1, -0.05) is 35.3 Å². The highest BCUT2D eigenvalue weighted by atomic mass is 35.5. The third-order valence-electron chi connectivity index (χ3n) is 3.56. The van der Waals surface area contributed by atoms with Crippen molar-refractivity contribution in [3.63, 3.8) is 0 Å². The molecule has 0 atom stereocenters. The normalized spacial score (nSPS) is 11.4. The highest BCUT2D eigenvalue weighted by molar-refractivity contribution is 7.13. The molecule has 0 aliphatic heterocycles. The summed E-state index contributed by atoms with van der Waals surface area (Å²) in [4.78, 5) is 16.5. The average Bonchev–Trinajstić information content (AvgIpc) is 3.06. The van der Waals surface area contributed by atoms with Crippen molar-refractivity contribution in [3.8, 4) is 10.6 Å². The lowest BCUT2D eigenvalue weighted by Gasteiger charge is -2.07. The van der Waals surface area contributed by atoms with Crippen LogP contribution in [-0.4, -0.2) is 10.9 Å². The summed E-state index contributed by atoms with van der Waals surface area (Å²) in [6.07, 6.45) is -4.38. The van der Waals surface area contributed by atoms with Gasteiger partial charge in [0.15, 0.2) is 0 Å². The Balaban J connectivity index is 1.69. The van der Waals surface area contributed by atoms with E-state index >= 15 is 0 Å². The highest BCUT2D eigenvalue weighted by Gasteiger charge is 2.30. The molecule has 27 heavy (non-hydrogen) atoms. The summed E-state index contributed by atoms with van der Waals surface area (Å²) < 4.78 is 37.9. The van der Waals surface area contributed by atoms with Crippen molar-refractivity contribution in [1.82, 2.24) is 4.98 Å². The molecule has 0 spiro atoms. The maximum atomic E-state index is 12.6. The third kappa shape index (κ3) is 5.00. The highest BCUT2D eigenvalue weighted by Crippen LogP contribution is 2.32. The minimum absolute atomic E-state index is 0.0000229. The van der Waals surface area contributed by atoms with Crippen LogP contribution in [0.25, 0.3) is 10.6 Å². The van der Waals surface area contributed by atoms with Crippen LogP contribution in [0.4, 0.5) is 18.9 Å². The minimum atomic E-state index is -4.38. The van der Waals surface area contributed by atoms with E-state index < -0.39 is 11.7 Å². The molecular formula is C18H11Cl2F3N2OS. The maximum Gasteiger partial charge on any atom is 0.416 e. The predicted octanol–water partition coefficient (Wildman–Crippen LogP) is 6.32. The molecule has 3 rings (SSSR count). The van der Waals surface area contributed by atoms with Gasteiger partial charge in [-0.25, -0.2) is 4.98 Å². The van der Waals surface area contributed by atoms with Gasteiger partial charge in [-0.15, -0.1) is 11.3 Å². The van der Waals surface area contributed by atoms with Crippen molar-refractivity contribution in [3.05, 3.63) is 69.1 Å². The lowest BCUT2D eigenvalue weighted by atomic mass is 10.1. The zero-order chi connectivity index (χ0) is 19.6. The first-order valence-electron chi connectivity index (χ1n) is 7.59. The van der Waals surface area contributed by atoms with E-state index in [0.717, 1.165) is 12.1 Å². The van der Waals surface area contributed by atoms with Crippen molar-refractivity contribution in [2.75, 3.05) is 5.32 Å². The first-order valence-corrected chi connectivity index (χ1v) is 9.23. The zero-order valence-electron chi connectivity index (χ0n) is 13.5. The molecule has 1 heterocycles. The van der Waals surface area contributed by atoms with Crippen LogP contribution >= 0.6 is 34.5 Å². The van der Waals surface area contributed by atoms with E-state index in [0.29, 0.717) is 32.0 Å². The van der Waals surface area contributed by atoms with Crippen molar-refractivity contribution >= 4 is 46.1 Å². The lowest BCUT2D eigenvalue weighted by Crippen LogP contribution is -2.14. The summed E-state index contributed by atoms with van der Waals surface area (Å²) in [6.45, 7) is 0. The van der Waals surface area contributed by atoms with E-state index in [9.17, 15) is 18.0 Å². The molecule has 2 aromatic carbocycles. The van der Waals surface area contributed by atoms with Crippen LogP contribution in [0.1, 0.15) is 11.3 Å². The van der Waals surface area contributed by atoms with E-state index in [1.165, 1.54) is 29.5 Å². The molecule has 9 heteroatoms. The molecule has 140 valence electrons. The van der Waals surface area contributed by atoms with Crippen molar-refractivity contribution in [2.24, 2.45) is 0 Å². The quantitative estimate of drug-likeness (QED) is 0.526. The van der Waals surface area contributed by atoms with Crippen molar-refractivity contribution in [1.29, 1.82) is 0 Å². The number of anilines is 1. The van der Waals surface area contributed by atoms with Crippen LogP contribution in [0.3, 0.4) is 0 Å². The number of aromatic nitrogens is 1. The number of benzene rings is 2. The van der Waals surface area contributed by atoms with Gasteiger partial charge in [0.25, 0.3) is 0 Å². The van der Waals surface area contributed by atoms with Gasteiger partial charge in [0.1, 0.15) is 5.01 Å². The smallest absolute Gasteiger partial charge is 0.324 e. The number of hydrogen-bond acceptors (Lipinski definition) is 3. The number of nitrogens with one attached hydrogen (secondary N) is 1. The Morgan fingerprint density at radius 1 is 1.11 bits per heavy atom. The molecule has 0 unspecified atom stereocenters. The van der Waals surface area contributed by atoms with Crippen LogP contribution in [0, 0.1) is 0 Å². The number of rotatable bonds is 4. The number of halogens is 5. The van der Waals surface area contributed by atoms with Gasteiger partial charge in [-0.05, 0) is 30.3 Å². The van der Waals surface area contributed by atoms with Crippen LogP contribution < -0.4 is 5.32 Å². The number of thiazole rings is 1. The van der Waals surface area contributed by atoms with E-state index in [2.05, 4.69) is 10.3 Å². The summed E-state index contributed by atoms with van der Waals surface area (Å²) in [5.74, 6) is -0.330. The first kappa shape index (κ1) is 19.7. The Labute approximate surface area is 166 Å². The average molecular weight is 431 g/mol. The van der Waals surface area contributed by atoms with Crippen LogP contribution in [0.15, 0.2) is 47.8 Å². The topological polar surface area (TPSA) is 42.0 Å². The number of hydrogen-bond donors (Lipinski definition) is 1. The largest absolute Gasteiger partial charge is 0.416 e. The van der Waals surface area contributed by atoms with E-state index in [1.54, 1.807) is 17.5 Å². The van der Waals surface area contributed by atoms with E-state index in [1.807, 2.05) is 0 Å². The second-order valence-electron chi connectivity index (χ2n) is 5.57.